The zero-order chi connectivity index (χ0) is 18.8. The molecule has 27 heavy (non-hydrogen) atoms. The number of amides is 1. The van der Waals surface area contributed by atoms with Gasteiger partial charge in [0, 0.05) is 25.2 Å². The summed E-state index contributed by atoms with van der Waals surface area (Å²) in [5.41, 5.74) is 13.5. The van der Waals surface area contributed by atoms with E-state index in [2.05, 4.69) is 10.00 Å². The Balaban J connectivity index is 1.67. The minimum Gasteiger partial charge on any atom is -0.383 e. The maximum absolute atomic E-state index is 12.1. The number of rotatable bonds is 5. The molecule has 1 aromatic heterocycles. The minimum absolute atomic E-state index is 0.284. The third kappa shape index (κ3) is 3.51. The van der Waals surface area contributed by atoms with Crippen molar-refractivity contribution < 1.29 is 9.53 Å². The molecule has 0 unspecified atom stereocenters. The molecule has 4 N–H and O–H groups in total. The minimum atomic E-state index is -0.562. The highest BCUT2D eigenvalue weighted by atomic mass is 16.5. The highest BCUT2D eigenvalue weighted by Crippen LogP contribution is 2.29. The van der Waals surface area contributed by atoms with Crippen molar-refractivity contribution in [2.75, 3.05) is 38.6 Å². The molecule has 1 aliphatic heterocycles. The van der Waals surface area contributed by atoms with E-state index in [1.54, 1.807) is 4.68 Å². The van der Waals surface area contributed by atoms with E-state index in [-0.39, 0.29) is 5.56 Å². The highest BCUT2D eigenvalue weighted by molar-refractivity contribution is 6.04. The lowest BCUT2D eigenvalue weighted by Gasteiger charge is -2.26. The van der Waals surface area contributed by atoms with Crippen LogP contribution in [0.1, 0.15) is 10.4 Å². The number of primary amides is 1. The number of carbonyl (C=O) groups is 1. The number of hydrogen-bond donors (Lipinski definition) is 2. The summed E-state index contributed by atoms with van der Waals surface area (Å²) in [5, 5.41) is 6.83. The van der Waals surface area contributed by atoms with Crippen molar-refractivity contribution in [3.05, 3.63) is 48.0 Å². The van der Waals surface area contributed by atoms with Gasteiger partial charge in [-0.25, -0.2) is 4.68 Å². The summed E-state index contributed by atoms with van der Waals surface area (Å²) in [4.78, 5) is 14.4. The van der Waals surface area contributed by atoms with Crippen LogP contribution in [0.15, 0.2) is 42.5 Å². The second kappa shape index (κ2) is 7.38. The molecular weight excluding hydrogens is 342 g/mol. The van der Waals surface area contributed by atoms with Crippen molar-refractivity contribution in [3.8, 4) is 11.3 Å². The molecule has 0 atom stereocenters. The monoisotopic (exact) mass is 365 g/mol. The molecule has 1 aliphatic rings. The summed E-state index contributed by atoms with van der Waals surface area (Å²) in [5.74, 6) is -0.243. The maximum Gasteiger partial charge on any atom is 0.254 e. The van der Waals surface area contributed by atoms with Gasteiger partial charge in [-0.15, -0.1) is 0 Å². The first-order valence-electron chi connectivity index (χ1n) is 9.09. The van der Waals surface area contributed by atoms with Crippen LogP contribution >= 0.6 is 0 Å². The Morgan fingerprint density at radius 2 is 1.81 bits per heavy atom. The van der Waals surface area contributed by atoms with E-state index in [0.29, 0.717) is 18.1 Å². The van der Waals surface area contributed by atoms with Gasteiger partial charge in [0.1, 0.15) is 17.1 Å². The summed E-state index contributed by atoms with van der Waals surface area (Å²) < 4.78 is 7.05. The molecule has 0 saturated carbocycles. The third-order valence-electron chi connectivity index (χ3n) is 4.99. The maximum atomic E-state index is 12.1. The standard InChI is InChI=1S/C20H23N5O2/c21-19-17(20(22)26)18(16-6-5-14-3-1-2-4-15(14)13-16)23-25(19)8-7-24-9-11-27-12-10-24/h1-6,13H,7-12,21H2,(H2,22,26). The molecule has 4 rings (SSSR count). The fourth-order valence-corrected chi connectivity index (χ4v) is 3.49. The van der Waals surface area contributed by atoms with Crippen LogP contribution in [0, 0.1) is 0 Å². The smallest absolute Gasteiger partial charge is 0.254 e. The van der Waals surface area contributed by atoms with E-state index in [0.717, 1.165) is 49.2 Å². The van der Waals surface area contributed by atoms with Gasteiger partial charge in [-0.05, 0) is 16.8 Å². The van der Waals surface area contributed by atoms with Gasteiger partial charge in [0.2, 0.25) is 0 Å². The number of morpholine rings is 1. The number of hydrogen-bond acceptors (Lipinski definition) is 5. The summed E-state index contributed by atoms with van der Waals surface area (Å²) in [7, 11) is 0. The Bertz CT molecular complexity index is 976. The Kier molecular flexibility index (Phi) is 4.79. The molecule has 2 aromatic carbocycles. The molecule has 1 amide bonds. The topological polar surface area (TPSA) is 99.4 Å². The second-order valence-electron chi connectivity index (χ2n) is 6.71. The highest BCUT2D eigenvalue weighted by Gasteiger charge is 2.22. The molecule has 3 aromatic rings. The van der Waals surface area contributed by atoms with Gasteiger partial charge >= 0.3 is 0 Å². The average molecular weight is 365 g/mol. The van der Waals surface area contributed by atoms with Crippen molar-refractivity contribution in [2.45, 2.75) is 6.54 Å². The fraction of sp³-hybridized carbons (Fsp3) is 0.300. The van der Waals surface area contributed by atoms with Gasteiger partial charge in [0.25, 0.3) is 5.91 Å². The predicted octanol–water partition coefficient (Wildman–Crippen LogP) is 1.72. The Morgan fingerprint density at radius 1 is 1.07 bits per heavy atom. The Labute approximate surface area is 157 Å². The van der Waals surface area contributed by atoms with Crippen LogP contribution in [0.25, 0.3) is 22.0 Å². The van der Waals surface area contributed by atoms with E-state index >= 15 is 0 Å². The number of ether oxygens (including phenoxy) is 1. The van der Waals surface area contributed by atoms with Gasteiger partial charge in [-0.3, -0.25) is 9.69 Å². The molecule has 0 spiro atoms. The number of nitrogens with zero attached hydrogens (tertiary/aromatic N) is 3. The summed E-state index contributed by atoms with van der Waals surface area (Å²) >= 11 is 0. The molecule has 140 valence electrons. The molecule has 2 heterocycles. The number of aromatic nitrogens is 2. The van der Waals surface area contributed by atoms with Crippen molar-refractivity contribution in [1.82, 2.24) is 14.7 Å². The van der Waals surface area contributed by atoms with E-state index in [4.69, 9.17) is 16.2 Å². The molecular formula is C20H23N5O2. The lowest BCUT2D eigenvalue weighted by Crippen LogP contribution is -2.38. The van der Waals surface area contributed by atoms with E-state index in [1.165, 1.54) is 0 Å². The van der Waals surface area contributed by atoms with E-state index in [1.807, 2.05) is 42.5 Å². The van der Waals surface area contributed by atoms with Gasteiger partial charge in [-0.1, -0.05) is 36.4 Å². The first kappa shape index (κ1) is 17.5. The van der Waals surface area contributed by atoms with E-state index in [9.17, 15) is 4.79 Å². The molecule has 1 fully saturated rings. The molecule has 1 saturated heterocycles. The van der Waals surface area contributed by atoms with Crippen molar-refractivity contribution in [2.24, 2.45) is 5.73 Å². The van der Waals surface area contributed by atoms with Gasteiger partial charge < -0.3 is 16.2 Å². The Morgan fingerprint density at radius 3 is 2.56 bits per heavy atom. The predicted molar refractivity (Wildman–Crippen MR) is 105 cm³/mol. The van der Waals surface area contributed by atoms with Gasteiger partial charge in [0.15, 0.2) is 0 Å². The van der Waals surface area contributed by atoms with Crippen LogP contribution < -0.4 is 11.5 Å². The fourth-order valence-electron chi connectivity index (χ4n) is 3.49. The third-order valence-corrected chi connectivity index (χ3v) is 4.99. The summed E-state index contributed by atoms with van der Waals surface area (Å²) in [6.45, 7) is 4.65. The Hall–Kier alpha value is -2.90. The lowest BCUT2D eigenvalue weighted by molar-refractivity contribution is 0.0360. The number of fused-ring (bicyclic) bond motifs is 1. The first-order valence-corrected chi connectivity index (χ1v) is 9.09. The number of carbonyl (C=O) groups excluding carboxylic acids is 1. The van der Waals surface area contributed by atoms with Crippen molar-refractivity contribution >= 4 is 22.5 Å². The lowest BCUT2D eigenvalue weighted by atomic mass is 10.0. The zero-order valence-electron chi connectivity index (χ0n) is 15.1. The molecule has 0 bridgehead atoms. The van der Waals surface area contributed by atoms with Crippen LogP contribution in [-0.2, 0) is 11.3 Å². The number of nitrogens with two attached hydrogens (primary N) is 2. The molecule has 0 aliphatic carbocycles. The first-order chi connectivity index (χ1) is 13.1. The second-order valence-corrected chi connectivity index (χ2v) is 6.71. The van der Waals surface area contributed by atoms with Crippen molar-refractivity contribution in [3.63, 3.8) is 0 Å². The normalized spacial score (nSPS) is 15.3. The van der Waals surface area contributed by atoms with E-state index < -0.39 is 5.91 Å². The average Bonchev–Trinajstić information content (AvgIpc) is 3.03. The molecule has 0 radical (unpaired) electrons. The largest absolute Gasteiger partial charge is 0.383 e. The zero-order valence-corrected chi connectivity index (χ0v) is 15.1. The van der Waals surface area contributed by atoms with Crippen LogP contribution in [0.4, 0.5) is 5.82 Å². The van der Waals surface area contributed by atoms with Crippen LogP contribution in [0.3, 0.4) is 0 Å². The molecule has 7 heteroatoms. The summed E-state index contributed by atoms with van der Waals surface area (Å²) in [6, 6.07) is 14.0. The number of benzene rings is 2. The summed E-state index contributed by atoms with van der Waals surface area (Å²) in [6.07, 6.45) is 0. The van der Waals surface area contributed by atoms with Crippen LogP contribution in [0.2, 0.25) is 0 Å². The van der Waals surface area contributed by atoms with Gasteiger partial charge in [0.05, 0.1) is 19.8 Å². The van der Waals surface area contributed by atoms with Gasteiger partial charge in [-0.2, -0.15) is 5.10 Å². The van der Waals surface area contributed by atoms with Crippen molar-refractivity contribution in [1.29, 1.82) is 0 Å². The number of anilines is 1. The van der Waals surface area contributed by atoms with Crippen LogP contribution in [0.5, 0.6) is 0 Å². The molecule has 7 nitrogen and oxygen atoms in total. The number of nitrogen functional groups attached to an aromatic ring is 1. The SMILES string of the molecule is NC(=O)c1c(-c2ccc3ccccc3c2)nn(CCN2CCOCC2)c1N. The quantitative estimate of drug-likeness (QED) is 0.717. The van der Waals surface area contributed by atoms with Crippen LogP contribution in [-0.4, -0.2) is 53.4 Å².